The number of hydrogen-bond acceptors (Lipinski definition) is 3. The zero-order valence-corrected chi connectivity index (χ0v) is 11.1. The average molecular weight is 305 g/mol. The highest BCUT2D eigenvalue weighted by atomic mass is 19.4. The lowest BCUT2D eigenvalue weighted by molar-refractivity contribution is -0.164. The maximum Gasteiger partial charge on any atom is 0.410 e. The summed E-state index contributed by atoms with van der Waals surface area (Å²) in [5.74, 6) is -1.74. The largest absolute Gasteiger partial charge is 0.480 e. The highest BCUT2D eigenvalue weighted by Gasteiger charge is 2.39. The number of carbonyl (C=O) groups is 2. The molecule has 0 heterocycles. The normalized spacial score (nSPS) is 12.6. The first-order valence-electron chi connectivity index (χ1n) is 5.94. The molecule has 1 rings (SSSR count). The number of aliphatic carboxylic acids is 1. The van der Waals surface area contributed by atoms with Crippen molar-refractivity contribution in [3.63, 3.8) is 0 Å². The Bertz CT molecular complexity index is 490. The van der Waals surface area contributed by atoms with E-state index in [1.54, 1.807) is 30.3 Å². The first kappa shape index (κ1) is 16.8. The van der Waals surface area contributed by atoms with Gasteiger partial charge in [0.05, 0.1) is 6.42 Å². The summed E-state index contributed by atoms with van der Waals surface area (Å²) in [4.78, 5) is 22.9. The van der Waals surface area contributed by atoms with Crippen molar-refractivity contribution in [3.8, 4) is 0 Å². The van der Waals surface area contributed by atoms with Gasteiger partial charge in [-0.3, -0.25) is 4.90 Å². The number of carboxylic acids is 1. The quantitative estimate of drug-likeness (QED) is 0.908. The van der Waals surface area contributed by atoms with Gasteiger partial charge in [-0.15, -0.1) is 0 Å². The molecule has 0 saturated carbocycles. The molecule has 1 atom stereocenters. The molecule has 0 radical (unpaired) electrons. The molecule has 1 amide bonds. The van der Waals surface area contributed by atoms with Gasteiger partial charge in [-0.05, 0) is 5.56 Å². The minimum absolute atomic E-state index is 0.150. The standard InChI is InChI=1S/C13H14F3NO4/c1-17(10(11(18)19)7-13(14,15)16)12(20)21-8-9-5-3-2-4-6-9/h2-6,10H,7-8H2,1H3,(H,18,19). The topological polar surface area (TPSA) is 66.8 Å². The molecule has 0 aliphatic heterocycles. The SMILES string of the molecule is CN(C(=O)OCc1ccccc1)C(CC(F)(F)F)C(=O)O. The van der Waals surface area contributed by atoms with Crippen LogP contribution in [-0.4, -0.2) is 41.3 Å². The monoisotopic (exact) mass is 305 g/mol. The summed E-state index contributed by atoms with van der Waals surface area (Å²) in [5, 5.41) is 8.79. The lowest BCUT2D eigenvalue weighted by Gasteiger charge is -2.25. The van der Waals surface area contributed by atoms with Crippen molar-refractivity contribution >= 4 is 12.1 Å². The summed E-state index contributed by atoms with van der Waals surface area (Å²) < 4.78 is 41.7. The Morgan fingerprint density at radius 2 is 1.86 bits per heavy atom. The second-order valence-electron chi connectivity index (χ2n) is 4.32. The highest BCUT2D eigenvalue weighted by molar-refractivity contribution is 5.79. The van der Waals surface area contributed by atoms with Crippen LogP contribution in [0, 0.1) is 0 Å². The van der Waals surface area contributed by atoms with Gasteiger partial charge in [0.2, 0.25) is 0 Å². The van der Waals surface area contributed by atoms with Crippen molar-refractivity contribution in [1.82, 2.24) is 4.90 Å². The molecule has 8 heteroatoms. The van der Waals surface area contributed by atoms with Gasteiger partial charge < -0.3 is 9.84 Å². The fourth-order valence-electron chi connectivity index (χ4n) is 1.56. The van der Waals surface area contributed by atoms with E-state index in [4.69, 9.17) is 9.84 Å². The lowest BCUT2D eigenvalue weighted by Crippen LogP contribution is -2.45. The van der Waals surface area contributed by atoms with E-state index < -0.39 is 30.7 Å². The number of alkyl halides is 3. The van der Waals surface area contributed by atoms with Crippen LogP contribution < -0.4 is 0 Å². The molecular weight excluding hydrogens is 291 g/mol. The van der Waals surface area contributed by atoms with Crippen molar-refractivity contribution in [1.29, 1.82) is 0 Å². The molecule has 116 valence electrons. The van der Waals surface area contributed by atoms with Crippen LogP contribution in [0.15, 0.2) is 30.3 Å². The second-order valence-corrected chi connectivity index (χ2v) is 4.32. The van der Waals surface area contributed by atoms with Crippen molar-refractivity contribution < 1.29 is 32.6 Å². The molecule has 1 aromatic rings. The van der Waals surface area contributed by atoms with Crippen LogP contribution in [0.4, 0.5) is 18.0 Å². The Balaban J connectivity index is 2.64. The highest BCUT2D eigenvalue weighted by Crippen LogP contribution is 2.24. The van der Waals surface area contributed by atoms with Gasteiger partial charge in [-0.1, -0.05) is 30.3 Å². The molecular formula is C13H14F3NO4. The van der Waals surface area contributed by atoms with E-state index in [0.29, 0.717) is 10.5 Å². The minimum atomic E-state index is -4.70. The first-order valence-corrected chi connectivity index (χ1v) is 5.94. The summed E-state index contributed by atoms with van der Waals surface area (Å²) in [5.41, 5.74) is 0.641. The third kappa shape index (κ3) is 5.72. The Kier molecular flexibility index (Phi) is 5.57. The third-order valence-electron chi connectivity index (χ3n) is 2.67. The molecule has 1 unspecified atom stereocenters. The predicted molar refractivity (Wildman–Crippen MR) is 66.5 cm³/mol. The van der Waals surface area contributed by atoms with E-state index in [2.05, 4.69) is 0 Å². The Morgan fingerprint density at radius 3 is 2.33 bits per heavy atom. The van der Waals surface area contributed by atoms with E-state index in [1.807, 2.05) is 0 Å². The number of rotatable bonds is 5. The Labute approximate surface area is 118 Å². The molecule has 0 aromatic heterocycles. The summed E-state index contributed by atoms with van der Waals surface area (Å²) >= 11 is 0. The van der Waals surface area contributed by atoms with Crippen LogP contribution in [0.25, 0.3) is 0 Å². The van der Waals surface area contributed by atoms with Gasteiger partial charge >= 0.3 is 18.2 Å². The molecule has 0 saturated heterocycles. The summed E-state index contributed by atoms with van der Waals surface area (Å²) in [6, 6.07) is 6.47. The van der Waals surface area contributed by atoms with Crippen LogP contribution >= 0.6 is 0 Å². The van der Waals surface area contributed by atoms with E-state index in [0.717, 1.165) is 7.05 Å². The van der Waals surface area contributed by atoms with E-state index in [9.17, 15) is 22.8 Å². The van der Waals surface area contributed by atoms with Crippen LogP contribution in [0.5, 0.6) is 0 Å². The number of hydrogen-bond donors (Lipinski definition) is 1. The van der Waals surface area contributed by atoms with Crippen molar-refractivity contribution in [3.05, 3.63) is 35.9 Å². The van der Waals surface area contributed by atoms with Crippen LogP contribution in [0.2, 0.25) is 0 Å². The van der Waals surface area contributed by atoms with Gasteiger partial charge in [0.1, 0.15) is 12.6 Å². The Hall–Kier alpha value is -2.25. The molecule has 5 nitrogen and oxygen atoms in total. The molecule has 0 spiro atoms. The number of likely N-dealkylation sites (N-methyl/N-ethyl adjacent to an activating group) is 1. The molecule has 0 bridgehead atoms. The first-order chi connectivity index (χ1) is 9.70. The molecule has 0 aliphatic rings. The van der Waals surface area contributed by atoms with Gasteiger partial charge in [-0.25, -0.2) is 9.59 Å². The fraction of sp³-hybridized carbons (Fsp3) is 0.385. The molecule has 1 N–H and O–H groups in total. The fourth-order valence-corrected chi connectivity index (χ4v) is 1.56. The number of benzene rings is 1. The van der Waals surface area contributed by atoms with Crippen molar-refractivity contribution in [2.45, 2.75) is 25.2 Å². The number of carboxylic acid groups (broad SMARTS) is 1. The molecule has 0 fully saturated rings. The average Bonchev–Trinajstić information content (AvgIpc) is 2.41. The Morgan fingerprint density at radius 1 is 1.29 bits per heavy atom. The number of ether oxygens (including phenoxy) is 1. The van der Waals surface area contributed by atoms with Gasteiger partial charge in [0.15, 0.2) is 0 Å². The maximum absolute atomic E-state index is 12.3. The van der Waals surface area contributed by atoms with Gasteiger partial charge in [0, 0.05) is 7.05 Å². The molecule has 0 aliphatic carbocycles. The number of carbonyl (C=O) groups excluding carboxylic acids is 1. The van der Waals surface area contributed by atoms with E-state index in [1.165, 1.54) is 0 Å². The van der Waals surface area contributed by atoms with Crippen LogP contribution in [0.1, 0.15) is 12.0 Å². The predicted octanol–water partition coefficient (Wildman–Crippen LogP) is 2.66. The summed E-state index contributed by atoms with van der Waals surface area (Å²) in [6.07, 6.45) is -7.47. The third-order valence-corrected chi connectivity index (χ3v) is 2.67. The zero-order chi connectivity index (χ0) is 16.0. The summed E-state index contributed by atoms with van der Waals surface area (Å²) in [7, 11) is 0.956. The second kappa shape index (κ2) is 6.96. The number of amides is 1. The maximum atomic E-state index is 12.3. The molecule has 1 aromatic carbocycles. The minimum Gasteiger partial charge on any atom is -0.480 e. The number of halogens is 3. The molecule has 21 heavy (non-hydrogen) atoms. The van der Waals surface area contributed by atoms with Crippen molar-refractivity contribution in [2.24, 2.45) is 0 Å². The van der Waals surface area contributed by atoms with Gasteiger partial charge in [-0.2, -0.15) is 13.2 Å². The number of nitrogens with zero attached hydrogens (tertiary/aromatic N) is 1. The van der Waals surface area contributed by atoms with Crippen LogP contribution in [-0.2, 0) is 16.1 Å². The van der Waals surface area contributed by atoms with E-state index in [-0.39, 0.29) is 6.61 Å². The zero-order valence-electron chi connectivity index (χ0n) is 11.1. The van der Waals surface area contributed by atoms with Gasteiger partial charge in [0.25, 0.3) is 0 Å². The smallest absolute Gasteiger partial charge is 0.410 e. The van der Waals surface area contributed by atoms with E-state index >= 15 is 0 Å². The lowest BCUT2D eigenvalue weighted by atomic mass is 10.2. The van der Waals surface area contributed by atoms with Crippen LogP contribution in [0.3, 0.4) is 0 Å². The van der Waals surface area contributed by atoms with Crippen molar-refractivity contribution in [2.75, 3.05) is 7.05 Å². The summed E-state index contributed by atoms with van der Waals surface area (Å²) in [6.45, 7) is -0.150.